The van der Waals surface area contributed by atoms with Gasteiger partial charge in [0.2, 0.25) is 12.3 Å². The van der Waals surface area contributed by atoms with Crippen LogP contribution in [0.2, 0.25) is 0 Å². The summed E-state index contributed by atoms with van der Waals surface area (Å²) in [6.45, 7) is 5.37. The highest BCUT2D eigenvalue weighted by molar-refractivity contribution is 5.51. The summed E-state index contributed by atoms with van der Waals surface area (Å²) in [5, 5.41) is 21.8. The van der Waals surface area contributed by atoms with Gasteiger partial charge in [-0.25, -0.2) is 0 Å². The summed E-state index contributed by atoms with van der Waals surface area (Å²) in [6, 6.07) is 2.67. The lowest BCUT2D eigenvalue weighted by atomic mass is 10.2. The van der Waals surface area contributed by atoms with Crippen molar-refractivity contribution < 1.29 is 14.9 Å². The summed E-state index contributed by atoms with van der Waals surface area (Å²) >= 11 is 0. The van der Waals surface area contributed by atoms with Crippen LogP contribution in [0.5, 0.6) is 5.88 Å². The van der Waals surface area contributed by atoms with Crippen LogP contribution in [0, 0.1) is 0 Å². The average Bonchev–Trinajstić information content (AvgIpc) is 2.16. The molecule has 0 radical (unpaired) electrons. The SMILES string of the molecule is Cn1c(O)c(NC(O)OC(C)(C)C)ccc1=O. The van der Waals surface area contributed by atoms with Gasteiger partial charge in [0.1, 0.15) is 0 Å². The number of aromatic nitrogens is 1. The van der Waals surface area contributed by atoms with Gasteiger partial charge in [-0.1, -0.05) is 0 Å². The number of hydrogen-bond acceptors (Lipinski definition) is 5. The highest BCUT2D eigenvalue weighted by Gasteiger charge is 2.17. The molecular formula is C11H18N2O4. The number of nitrogens with one attached hydrogen (secondary N) is 1. The van der Waals surface area contributed by atoms with E-state index in [1.807, 2.05) is 0 Å². The van der Waals surface area contributed by atoms with Crippen LogP contribution >= 0.6 is 0 Å². The van der Waals surface area contributed by atoms with Gasteiger partial charge < -0.3 is 20.3 Å². The molecule has 96 valence electrons. The highest BCUT2D eigenvalue weighted by atomic mass is 16.6. The third-order valence-electron chi connectivity index (χ3n) is 2.03. The Balaban J connectivity index is 2.83. The fraction of sp³-hybridized carbons (Fsp3) is 0.545. The first-order valence-electron chi connectivity index (χ1n) is 5.22. The lowest BCUT2D eigenvalue weighted by Gasteiger charge is -2.25. The highest BCUT2D eigenvalue weighted by Crippen LogP contribution is 2.21. The predicted molar refractivity (Wildman–Crippen MR) is 63.8 cm³/mol. The Kier molecular flexibility index (Phi) is 3.79. The molecule has 0 aliphatic heterocycles. The molecule has 0 aliphatic carbocycles. The summed E-state index contributed by atoms with van der Waals surface area (Å²) in [5.74, 6) is -0.256. The average molecular weight is 242 g/mol. The zero-order chi connectivity index (χ0) is 13.2. The lowest BCUT2D eigenvalue weighted by Crippen LogP contribution is -2.33. The Morgan fingerprint density at radius 1 is 1.41 bits per heavy atom. The number of rotatable bonds is 3. The number of aliphatic hydroxyl groups is 1. The van der Waals surface area contributed by atoms with E-state index in [4.69, 9.17) is 4.74 Å². The Labute approximate surface area is 99.5 Å². The maximum Gasteiger partial charge on any atom is 0.253 e. The van der Waals surface area contributed by atoms with Crippen LogP contribution in [0.3, 0.4) is 0 Å². The third-order valence-corrected chi connectivity index (χ3v) is 2.03. The first kappa shape index (κ1) is 13.5. The first-order valence-corrected chi connectivity index (χ1v) is 5.22. The number of nitrogens with zero attached hydrogens (tertiary/aromatic N) is 1. The molecule has 6 heteroatoms. The largest absolute Gasteiger partial charge is 0.493 e. The molecule has 1 aromatic heterocycles. The van der Waals surface area contributed by atoms with Gasteiger partial charge in [-0.2, -0.15) is 0 Å². The van der Waals surface area contributed by atoms with Crippen molar-refractivity contribution in [3.8, 4) is 5.88 Å². The molecule has 0 bridgehead atoms. The van der Waals surface area contributed by atoms with Gasteiger partial charge in [0.25, 0.3) is 5.56 Å². The quantitative estimate of drug-likeness (QED) is 0.676. The van der Waals surface area contributed by atoms with Crippen molar-refractivity contribution in [2.45, 2.75) is 32.8 Å². The van der Waals surface area contributed by atoms with Crippen molar-refractivity contribution in [1.29, 1.82) is 0 Å². The van der Waals surface area contributed by atoms with Gasteiger partial charge in [-0.3, -0.25) is 9.36 Å². The minimum absolute atomic E-state index is 0.226. The molecule has 0 aliphatic rings. The molecule has 0 fully saturated rings. The molecule has 6 nitrogen and oxygen atoms in total. The van der Waals surface area contributed by atoms with Crippen molar-refractivity contribution in [3.63, 3.8) is 0 Å². The number of ether oxygens (including phenoxy) is 1. The van der Waals surface area contributed by atoms with E-state index in [9.17, 15) is 15.0 Å². The van der Waals surface area contributed by atoms with E-state index in [-0.39, 0.29) is 17.1 Å². The van der Waals surface area contributed by atoms with Gasteiger partial charge in [-0.05, 0) is 26.8 Å². The summed E-state index contributed by atoms with van der Waals surface area (Å²) < 4.78 is 6.27. The van der Waals surface area contributed by atoms with Crippen LogP contribution in [0.15, 0.2) is 16.9 Å². The zero-order valence-corrected chi connectivity index (χ0v) is 10.4. The number of anilines is 1. The maximum absolute atomic E-state index is 11.2. The molecule has 17 heavy (non-hydrogen) atoms. The van der Waals surface area contributed by atoms with E-state index >= 15 is 0 Å². The topological polar surface area (TPSA) is 83.7 Å². The lowest BCUT2D eigenvalue weighted by molar-refractivity contribution is -0.148. The van der Waals surface area contributed by atoms with Crippen molar-refractivity contribution in [3.05, 3.63) is 22.5 Å². The number of aliphatic hydroxyl groups excluding tert-OH is 1. The number of hydrogen-bond donors (Lipinski definition) is 3. The second-order valence-corrected chi connectivity index (χ2v) is 4.69. The monoisotopic (exact) mass is 242 g/mol. The summed E-state index contributed by atoms with van der Waals surface area (Å²) in [7, 11) is 1.43. The molecule has 3 N–H and O–H groups in total. The molecule has 0 saturated carbocycles. The van der Waals surface area contributed by atoms with Crippen LogP contribution in [0.4, 0.5) is 5.69 Å². The minimum Gasteiger partial charge on any atom is -0.493 e. The molecule has 1 aromatic rings. The molecule has 0 amide bonds. The van der Waals surface area contributed by atoms with Gasteiger partial charge >= 0.3 is 0 Å². The van der Waals surface area contributed by atoms with Gasteiger partial charge in [0, 0.05) is 13.1 Å². The maximum atomic E-state index is 11.2. The van der Waals surface area contributed by atoms with Crippen LogP contribution in [0.1, 0.15) is 20.8 Å². The van der Waals surface area contributed by atoms with E-state index in [0.717, 1.165) is 4.57 Å². The molecular weight excluding hydrogens is 224 g/mol. The molecule has 1 atom stereocenters. The normalized spacial score (nSPS) is 13.5. The minimum atomic E-state index is -1.27. The van der Waals surface area contributed by atoms with E-state index in [1.54, 1.807) is 20.8 Å². The number of aromatic hydroxyl groups is 1. The second-order valence-electron chi connectivity index (χ2n) is 4.69. The molecule has 0 saturated heterocycles. The van der Waals surface area contributed by atoms with Crippen molar-refractivity contribution in [1.82, 2.24) is 4.57 Å². The Bertz CT molecular complexity index is 448. The summed E-state index contributed by atoms with van der Waals surface area (Å²) in [4.78, 5) is 11.2. The van der Waals surface area contributed by atoms with Crippen LogP contribution in [0.25, 0.3) is 0 Å². The van der Waals surface area contributed by atoms with Gasteiger partial charge in [0.05, 0.1) is 11.3 Å². The van der Waals surface area contributed by atoms with E-state index in [2.05, 4.69) is 5.32 Å². The molecule has 1 heterocycles. The third kappa shape index (κ3) is 3.76. The number of pyridine rings is 1. The smallest absolute Gasteiger partial charge is 0.253 e. The Morgan fingerprint density at radius 3 is 2.53 bits per heavy atom. The van der Waals surface area contributed by atoms with Gasteiger partial charge in [-0.15, -0.1) is 0 Å². The summed E-state index contributed by atoms with van der Waals surface area (Å²) in [5.41, 5.74) is -0.633. The molecule has 0 spiro atoms. The van der Waals surface area contributed by atoms with Gasteiger partial charge in [0.15, 0.2) is 0 Å². The molecule has 1 rings (SSSR count). The van der Waals surface area contributed by atoms with Crippen LogP contribution < -0.4 is 10.9 Å². The fourth-order valence-corrected chi connectivity index (χ4v) is 1.24. The molecule has 1 unspecified atom stereocenters. The van der Waals surface area contributed by atoms with E-state index < -0.39 is 12.0 Å². The van der Waals surface area contributed by atoms with Crippen LogP contribution in [-0.4, -0.2) is 26.8 Å². The Morgan fingerprint density at radius 2 is 2.00 bits per heavy atom. The van der Waals surface area contributed by atoms with Crippen molar-refractivity contribution in [2.24, 2.45) is 7.05 Å². The predicted octanol–water partition coefficient (Wildman–Crippen LogP) is 0.594. The fourth-order valence-electron chi connectivity index (χ4n) is 1.24. The van der Waals surface area contributed by atoms with Crippen molar-refractivity contribution >= 4 is 5.69 Å². The zero-order valence-electron chi connectivity index (χ0n) is 10.4. The second kappa shape index (κ2) is 4.77. The van der Waals surface area contributed by atoms with E-state index in [0.29, 0.717) is 0 Å². The van der Waals surface area contributed by atoms with E-state index in [1.165, 1.54) is 19.2 Å². The van der Waals surface area contributed by atoms with Crippen molar-refractivity contribution in [2.75, 3.05) is 5.32 Å². The van der Waals surface area contributed by atoms with Crippen LogP contribution in [-0.2, 0) is 11.8 Å². The Hall–Kier alpha value is -1.53. The summed E-state index contributed by atoms with van der Waals surface area (Å²) in [6.07, 6.45) is -1.27. The standard InChI is InChI=1S/C11H18N2O4/c1-11(2,3)17-10(16)12-7-5-6-8(14)13(4)9(7)15/h5-6,10,12,15-16H,1-4H3. The molecule has 0 aromatic carbocycles. The first-order chi connectivity index (χ1) is 7.70.